The molecule has 5 nitrogen and oxygen atoms in total. The van der Waals surface area contributed by atoms with Gasteiger partial charge in [-0.15, -0.1) is 0 Å². The van der Waals surface area contributed by atoms with E-state index >= 15 is 0 Å². The SMILES string of the molecule is COc1cc(OC)c(NC(=O)c2ccc(C)nc2)cc1Cl. The number of pyridine rings is 1. The van der Waals surface area contributed by atoms with E-state index in [0.717, 1.165) is 5.69 Å². The van der Waals surface area contributed by atoms with Gasteiger partial charge in [0.1, 0.15) is 11.5 Å². The Morgan fingerprint density at radius 2 is 1.90 bits per heavy atom. The summed E-state index contributed by atoms with van der Waals surface area (Å²) < 4.78 is 10.3. The van der Waals surface area contributed by atoms with Crippen LogP contribution in [-0.4, -0.2) is 25.1 Å². The van der Waals surface area contributed by atoms with Crippen LogP contribution in [0.2, 0.25) is 5.02 Å². The Balaban J connectivity index is 2.28. The van der Waals surface area contributed by atoms with Crippen molar-refractivity contribution in [1.82, 2.24) is 4.98 Å². The summed E-state index contributed by atoms with van der Waals surface area (Å²) in [6.07, 6.45) is 1.52. The molecule has 0 fully saturated rings. The quantitative estimate of drug-likeness (QED) is 0.941. The predicted molar refractivity (Wildman–Crippen MR) is 81.5 cm³/mol. The summed E-state index contributed by atoms with van der Waals surface area (Å²) in [5.74, 6) is 0.648. The van der Waals surface area contributed by atoms with Gasteiger partial charge in [0.05, 0.1) is 30.5 Å². The maximum absolute atomic E-state index is 12.2. The minimum Gasteiger partial charge on any atom is -0.495 e. The van der Waals surface area contributed by atoms with Crippen LogP contribution in [0.25, 0.3) is 0 Å². The van der Waals surface area contributed by atoms with E-state index in [4.69, 9.17) is 21.1 Å². The van der Waals surface area contributed by atoms with Crippen molar-refractivity contribution < 1.29 is 14.3 Å². The first-order valence-electron chi connectivity index (χ1n) is 6.20. The number of carbonyl (C=O) groups is 1. The first-order valence-corrected chi connectivity index (χ1v) is 6.58. The van der Waals surface area contributed by atoms with E-state index in [1.807, 2.05) is 6.92 Å². The van der Waals surface area contributed by atoms with Gasteiger partial charge in [0, 0.05) is 18.0 Å². The van der Waals surface area contributed by atoms with Crippen molar-refractivity contribution in [2.45, 2.75) is 6.92 Å². The van der Waals surface area contributed by atoms with Gasteiger partial charge >= 0.3 is 0 Å². The first-order chi connectivity index (χ1) is 10.0. The Kier molecular flexibility index (Phi) is 4.65. The monoisotopic (exact) mass is 306 g/mol. The number of aryl methyl sites for hydroxylation is 1. The van der Waals surface area contributed by atoms with E-state index in [1.165, 1.54) is 20.4 Å². The molecular formula is C15H15ClN2O3. The number of carbonyl (C=O) groups excluding carboxylic acids is 1. The molecular weight excluding hydrogens is 292 g/mol. The molecule has 1 aromatic carbocycles. The largest absolute Gasteiger partial charge is 0.495 e. The lowest BCUT2D eigenvalue weighted by Crippen LogP contribution is -2.13. The van der Waals surface area contributed by atoms with Crippen LogP contribution in [0.4, 0.5) is 5.69 Å². The number of hydrogen-bond acceptors (Lipinski definition) is 4. The minimum absolute atomic E-state index is 0.290. The molecule has 0 bridgehead atoms. The number of nitrogens with one attached hydrogen (secondary N) is 1. The van der Waals surface area contributed by atoms with Crippen LogP contribution in [-0.2, 0) is 0 Å². The molecule has 1 N–H and O–H groups in total. The summed E-state index contributed by atoms with van der Waals surface area (Å²) in [6, 6.07) is 6.67. The molecule has 0 spiro atoms. The standard InChI is InChI=1S/C15H15ClN2O3/c1-9-4-5-10(8-17-9)15(19)18-12-6-11(16)13(20-2)7-14(12)21-3/h4-8H,1-3H3,(H,18,19). The minimum atomic E-state index is -0.290. The van der Waals surface area contributed by atoms with Crippen molar-refractivity contribution in [1.29, 1.82) is 0 Å². The number of nitrogens with zero attached hydrogens (tertiary/aromatic N) is 1. The zero-order valence-electron chi connectivity index (χ0n) is 11.9. The number of methoxy groups -OCH3 is 2. The van der Waals surface area contributed by atoms with Crippen LogP contribution in [0.3, 0.4) is 0 Å². The Morgan fingerprint density at radius 1 is 1.19 bits per heavy atom. The number of anilines is 1. The van der Waals surface area contributed by atoms with Gasteiger partial charge in [0.15, 0.2) is 0 Å². The van der Waals surface area contributed by atoms with Crippen LogP contribution < -0.4 is 14.8 Å². The number of rotatable bonds is 4. The lowest BCUT2D eigenvalue weighted by atomic mass is 10.2. The van der Waals surface area contributed by atoms with E-state index < -0.39 is 0 Å². The molecule has 2 aromatic rings. The highest BCUT2D eigenvalue weighted by molar-refractivity contribution is 6.32. The molecule has 0 atom stereocenters. The molecule has 0 saturated carbocycles. The number of amides is 1. The second kappa shape index (κ2) is 6.45. The number of hydrogen-bond donors (Lipinski definition) is 1. The Morgan fingerprint density at radius 3 is 2.48 bits per heavy atom. The summed E-state index contributed by atoms with van der Waals surface area (Å²) in [7, 11) is 3.02. The molecule has 1 amide bonds. The van der Waals surface area contributed by atoms with Gasteiger partial charge in [0.25, 0.3) is 5.91 Å². The molecule has 0 aliphatic heterocycles. The van der Waals surface area contributed by atoms with Gasteiger partial charge in [-0.25, -0.2) is 0 Å². The van der Waals surface area contributed by atoms with Crippen molar-refractivity contribution >= 4 is 23.2 Å². The van der Waals surface area contributed by atoms with E-state index in [1.54, 1.807) is 24.3 Å². The Bertz CT molecular complexity index is 657. The highest BCUT2D eigenvalue weighted by Gasteiger charge is 2.13. The van der Waals surface area contributed by atoms with Crippen LogP contribution in [0.5, 0.6) is 11.5 Å². The molecule has 1 heterocycles. The number of ether oxygens (including phenoxy) is 2. The molecule has 0 aliphatic rings. The molecule has 110 valence electrons. The predicted octanol–water partition coefficient (Wildman–Crippen LogP) is 3.31. The third-order valence-electron chi connectivity index (χ3n) is 2.90. The fraction of sp³-hybridized carbons (Fsp3) is 0.200. The first kappa shape index (κ1) is 15.1. The van der Waals surface area contributed by atoms with Crippen molar-refractivity contribution in [3.8, 4) is 11.5 Å². The third-order valence-corrected chi connectivity index (χ3v) is 3.19. The summed E-state index contributed by atoms with van der Waals surface area (Å²) in [4.78, 5) is 16.3. The molecule has 0 saturated heterocycles. The summed E-state index contributed by atoms with van der Waals surface area (Å²) in [6.45, 7) is 1.86. The van der Waals surface area contributed by atoms with E-state index in [0.29, 0.717) is 27.8 Å². The molecule has 0 aliphatic carbocycles. The van der Waals surface area contributed by atoms with Crippen LogP contribution in [0.1, 0.15) is 16.1 Å². The lowest BCUT2D eigenvalue weighted by molar-refractivity contribution is 0.102. The second-order valence-corrected chi connectivity index (χ2v) is 4.74. The number of halogens is 1. The van der Waals surface area contributed by atoms with Crippen molar-refractivity contribution in [3.63, 3.8) is 0 Å². The average Bonchev–Trinajstić information content (AvgIpc) is 2.48. The van der Waals surface area contributed by atoms with Crippen LogP contribution in [0, 0.1) is 6.92 Å². The van der Waals surface area contributed by atoms with Gasteiger partial charge in [-0.05, 0) is 25.1 Å². The summed E-state index contributed by atoms with van der Waals surface area (Å²) in [5, 5.41) is 3.13. The molecule has 1 aromatic heterocycles. The highest BCUT2D eigenvalue weighted by atomic mass is 35.5. The van der Waals surface area contributed by atoms with Crippen molar-refractivity contribution in [3.05, 3.63) is 46.7 Å². The van der Waals surface area contributed by atoms with Gasteiger partial charge in [-0.1, -0.05) is 11.6 Å². The Hall–Kier alpha value is -2.27. The van der Waals surface area contributed by atoms with E-state index in [9.17, 15) is 4.79 Å². The van der Waals surface area contributed by atoms with Gasteiger partial charge in [-0.3, -0.25) is 9.78 Å². The van der Waals surface area contributed by atoms with Gasteiger partial charge < -0.3 is 14.8 Å². The average molecular weight is 307 g/mol. The van der Waals surface area contributed by atoms with E-state index in [2.05, 4.69) is 10.3 Å². The molecule has 0 unspecified atom stereocenters. The molecule has 2 rings (SSSR count). The van der Waals surface area contributed by atoms with Gasteiger partial charge in [0.2, 0.25) is 0 Å². The highest BCUT2D eigenvalue weighted by Crippen LogP contribution is 2.36. The zero-order valence-corrected chi connectivity index (χ0v) is 12.7. The molecule has 21 heavy (non-hydrogen) atoms. The fourth-order valence-electron chi connectivity index (χ4n) is 1.75. The number of aromatic nitrogens is 1. The summed E-state index contributed by atoms with van der Waals surface area (Å²) >= 11 is 6.06. The number of benzene rings is 1. The topological polar surface area (TPSA) is 60.5 Å². The third kappa shape index (κ3) is 3.44. The summed E-state index contributed by atoms with van der Waals surface area (Å²) in [5.41, 5.74) is 1.76. The van der Waals surface area contributed by atoms with E-state index in [-0.39, 0.29) is 5.91 Å². The maximum Gasteiger partial charge on any atom is 0.257 e. The van der Waals surface area contributed by atoms with Gasteiger partial charge in [-0.2, -0.15) is 0 Å². The van der Waals surface area contributed by atoms with Crippen LogP contribution in [0.15, 0.2) is 30.5 Å². The lowest BCUT2D eigenvalue weighted by Gasteiger charge is -2.13. The van der Waals surface area contributed by atoms with Crippen molar-refractivity contribution in [2.75, 3.05) is 19.5 Å². The molecule has 6 heteroatoms. The smallest absolute Gasteiger partial charge is 0.257 e. The normalized spacial score (nSPS) is 10.1. The second-order valence-electron chi connectivity index (χ2n) is 4.33. The zero-order chi connectivity index (χ0) is 15.4. The van der Waals surface area contributed by atoms with Crippen LogP contribution >= 0.6 is 11.6 Å². The molecule has 0 radical (unpaired) electrons. The fourth-order valence-corrected chi connectivity index (χ4v) is 2.00. The van der Waals surface area contributed by atoms with Crippen molar-refractivity contribution in [2.24, 2.45) is 0 Å². The Labute approximate surface area is 127 Å². The maximum atomic E-state index is 12.2.